The minimum absolute atomic E-state index is 0.0959. The molecule has 8 heteroatoms. The van der Waals surface area contributed by atoms with Crippen molar-refractivity contribution in [1.29, 1.82) is 0 Å². The fourth-order valence-electron chi connectivity index (χ4n) is 1.16. The van der Waals surface area contributed by atoms with Gasteiger partial charge in [0.1, 0.15) is 0 Å². The van der Waals surface area contributed by atoms with E-state index in [0.717, 1.165) is 5.75 Å². The van der Waals surface area contributed by atoms with Crippen LogP contribution in [0.1, 0.15) is 5.56 Å². The Labute approximate surface area is 99.6 Å². The second kappa shape index (κ2) is 5.67. The normalized spacial score (nSPS) is 12.2. The first-order chi connectivity index (χ1) is 7.54. The Kier molecular flexibility index (Phi) is 4.78. The summed E-state index contributed by atoms with van der Waals surface area (Å²) in [4.78, 5) is 0. The molecule has 1 aromatic rings. The summed E-state index contributed by atoms with van der Waals surface area (Å²) in [6.45, 7) is 0.619. The highest BCUT2D eigenvalue weighted by molar-refractivity contribution is 7.98. The molecule has 0 aliphatic carbocycles. The molecule has 92 valence electrons. The molecular formula is C8H16N4O2S2. The first-order valence-corrected chi connectivity index (χ1v) is 7.55. The molecule has 16 heavy (non-hydrogen) atoms. The van der Waals surface area contributed by atoms with E-state index in [1.807, 2.05) is 6.26 Å². The number of aromatic amines is 1. The zero-order valence-corrected chi connectivity index (χ0v) is 10.9. The summed E-state index contributed by atoms with van der Waals surface area (Å²) in [6, 6.07) is 0. The number of hydrogen-bond acceptors (Lipinski definition) is 5. The molecule has 1 rings (SSSR count). The van der Waals surface area contributed by atoms with E-state index >= 15 is 0 Å². The SMILES string of the molecule is CSCCN(C)S(=O)(=O)c1[nH]ncc1CN. The van der Waals surface area contributed by atoms with Crippen molar-refractivity contribution in [2.24, 2.45) is 5.73 Å². The van der Waals surface area contributed by atoms with E-state index in [0.29, 0.717) is 12.1 Å². The monoisotopic (exact) mass is 264 g/mol. The summed E-state index contributed by atoms with van der Waals surface area (Å²) >= 11 is 1.60. The third kappa shape index (κ3) is 2.76. The van der Waals surface area contributed by atoms with Gasteiger partial charge in [0.2, 0.25) is 0 Å². The average molecular weight is 264 g/mol. The van der Waals surface area contributed by atoms with Gasteiger partial charge in [0, 0.05) is 31.5 Å². The first kappa shape index (κ1) is 13.5. The van der Waals surface area contributed by atoms with E-state index in [1.165, 1.54) is 10.5 Å². The van der Waals surface area contributed by atoms with Crippen LogP contribution in [0, 0.1) is 0 Å². The number of nitrogens with two attached hydrogens (primary N) is 1. The van der Waals surface area contributed by atoms with Gasteiger partial charge < -0.3 is 5.73 Å². The summed E-state index contributed by atoms with van der Waals surface area (Å²) in [5, 5.41) is 6.29. The molecule has 0 saturated heterocycles. The fourth-order valence-corrected chi connectivity index (χ4v) is 3.01. The molecule has 0 aliphatic rings. The molecule has 0 fully saturated rings. The van der Waals surface area contributed by atoms with E-state index in [-0.39, 0.29) is 11.6 Å². The Hall–Kier alpha value is -0.570. The number of H-pyrrole nitrogens is 1. The Balaban J connectivity index is 2.93. The number of rotatable bonds is 6. The number of nitrogens with zero attached hydrogens (tertiary/aromatic N) is 2. The lowest BCUT2D eigenvalue weighted by molar-refractivity contribution is 0.484. The summed E-state index contributed by atoms with van der Waals surface area (Å²) in [5.41, 5.74) is 5.96. The van der Waals surface area contributed by atoms with Crippen LogP contribution in [-0.2, 0) is 16.6 Å². The Bertz CT molecular complexity index is 429. The van der Waals surface area contributed by atoms with E-state index in [1.54, 1.807) is 18.8 Å². The highest BCUT2D eigenvalue weighted by atomic mass is 32.2. The quantitative estimate of drug-likeness (QED) is 0.745. The topological polar surface area (TPSA) is 92.1 Å². The highest BCUT2D eigenvalue weighted by Gasteiger charge is 2.24. The van der Waals surface area contributed by atoms with Crippen LogP contribution >= 0.6 is 11.8 Å². The maximum Gasteiger partial charge on any atom is 0.260 e. The van der Waals surface area contributed by atoms with Gasteiger partial charge in [-0.1, -0.05) is 0 Å². The Morgan fingerprint density at radius 1 is 1.62 bits per heavy atom. The van der Waals surface area contributed by atoms with Crippen LogP contribution in [0.4, 0.5) is 0 Å². The van der Waals surface area contributed by atoms with E-state index < -0.39 is 10.0 Å². The van der Waals surface area contributed by atoms with Crippen LogP contribution < -0.4 is 5.73 Å². The number of nitrogens with one attached hydrogen (secondary N) is 1. The minimum Gasteiger partial charge on any atom is -0.326 e. The van der Waals surface area contributed by atoms with Crippen LogP contribution in [0.3, 0.4) is 0 Å². The molecule has 3 N–H and O–H groups in total. The molecule has 0 atom stereocenters. The molecule has 0 aromatic carbocycles. The van der Waals surface area contributed by atoms with Gasteiger partial charge in [-0.3, -0.25) is 5.10 Å². The third-order valence-electron chi connectivity index (χ3n) is 2.18. The zero-order valence-electron chi connectivity index (χ0n) is 9.30. The molecule has 0 radical (unpaired) electrons. The van der Waals surface area contributed by atoms with Gasteiger partial charge in [0.05, 0.1) is 6.20 Å². The van der Waals surface area contributed by atoms with E-state index in [9.17, 15) is 8.42 Å². The van der Waals surface area contributed by atoms with Gasteiger partial charge in [-0.05, 0) is 6.26 Å². The first-order valence-electron chi connectivity index (χ1n) is 4.71. The lowest BCUT2D eigenvalue weighted by Gasteiger charge is -2.15. The third-order valence-corrected chi connectivity index (χ3v) is 4.64. The van der Waals surface area contributed by atoms with E-state index in [4.69, 9.17) is 5.73 Å². The van der Waals surface area contributed by atoms with Crippen LogP contribution in [-0.4, -0.2) is 48.5 Å². The summed E-state index contributed by atoms with van der Waals surface area (Å²) in [6.07, 6.45) is 3.37. The van der Waals surface area contributed by atoms with Crippen molar-refractivity contribution in [2.75, 3.05) is 25.6 Å². The molecule has 1 heterocycles. The van der Waals surface area contributed by atoms with Gasteiger partial charge in [-0.15, -0.1) is 0 Å². The largest absolute Gasteiger partial charge is 0.326 e. The standard InChI is InChI=1S/C8H16N4O2S2/c1-12(3-4-15-2)16(13,14)8-7(5-9)6-10-11-8/h6H,3-5,9H2,1-2H3,(H,10,11). The maximum atomic E-state index is 12.1. The number of hydrogen-bond donors (Lipinski definition) is 2. The van der Waals surface area contributed by atoms with Gasteiger partial charge in [-0.25, -0.2) is 8.42 Å². The molecule has 0 unspecified atom stereocenters. The zero-order chi connectivity index (χ0) is 12.2. The lowest BCUT2D eigenvalue weighted by atomic mass is 10.4. The van der Waals surface area contributed by atoms with Crippen molar-refractivity contribution in [3.63, 3.8) is 0 Å². The predicted octanol–water partition coefficient (Wildman–Crippen LogP) is -0.148. The van der Waals surface area contributed by atoms with Crippen molar-refractivity contribution in [2.45, 2.75) is 11.6 Å². The fraction of sp³-hybridized carbons (Fsp3) is 0.625. The molecule has 0 amide bonds. The van der Waals surface area contributed by atoms with Crippen molar-refractivity contribution >= 4 is 21.8 Å². The van der Waals surface area contributed by atoms with Crippen LogP contribution in [0.15, 0.2) is 11.2 Å². The number of aromatic nitrogens is 2. The van der Waals surface area contributed by atoms with Gasteiger partial charge >= 0.3 is 0 Å². The molecule has 0 spiro atoms. The van der Waals surface area contributed by atoms with Crippen molar-refractivity contribution < 1.29 is 8.42 Å². The van der Waals surface area contributed by atoms with Crippen LogP contribution in [0.2, 0.25) is 0 Å². The predicted molar refractivity (Wildman–Crippen MR) is 64.7 cm³/mol. The smallest absolute Gasteiger partial charge is 0.260 e. The maximum absolute atomic E-state index is 12.1. The molecule has 0 saturated carbocycles. The minimum atomic E-state index is -3.49. The summed E-state index contributed by atoms with van der Waals surface area (Å²) < 4.78 is 25.4. The summed E-state index contributed by atoms with van der Waals surface area (Å²) in [7, 11) is -1.94. The van der Waals surface area contributed by atoms with Gasteiger partial charge in [-0.2, -0.15) is 21.2 Å². The number of thioether (sulfide) groups is 1. The Morgan fingerprint density at radius 3 is 2.88 bits per heavy atom. The summed E-state index contributed by atoms with van der Waals surface area (Å²) in [5.74, 6) is 0.752. The van der Waals surface area contributed by atoms with Gasteiger partial charge in [0.25, 0.3) is 10.0 Å². The molecule has 6 nitrogen and oxygen atoms in total. The van der Waals surface area contributed by atoms with Crippen molar-refractivity contribution in [3.05, 3.63) is 11.8 Å². The Morgan fingerprint density at radius 2 is 2.31 bits per heavy atom. The van der Waals surface area contributed by atoms with Crippen LogP contribution in [0.25, 0.3) is 0 Å². The second-order valence-corrected chi connectivity index (χ2v) is 6.22. The molecule has 0 bridgehead atoms. The van der Waals surface area contributed by atoms with Crippen molar-refractivity contribution in [3.8, 4) is 0 Å². The van der Waals surface area contributed by atoms with Crippen molar-refractivity contribution in [1.82, 2.24) is 14.5 Å². The second-order valence-electron chi connectivity index (χ2n) is 3.25. The highest BCUT2D eigenvalue weighted by Crippen LogP contribution is 2.15. The molecule has 1 aromatic heterocycles. The number of sulfonamides is 1. The lowest BCUT2D eigenvalue weighted by Crippen LogP contribution is -2.30. The molecule has 0 aliphatic heterocycles. The molecular weight excluding hydrogens is 248 g/mol. The van der Waals surface area contributed by atoms with E-state index in [2.05, 4.69) is 10.2 Å². The van der Waals surface area contributed by atoms with Crippen LogP contribution in [0.5, 0.6) is 0 Å². The van der Waals surface area contributed by atoms with Gasteiger partial charge in [0.15, 0.2) is 5.03 Å². The average Bonchev–Trinajstić information content (AvgIpc) is 2.74.